The van der Waals surface area contributed by atoms with Gasteiger partial charge in [-0.15, -0.1) is 0 Å². The average molecular weight is 390 g/mol. The van der Waals surface area contributed by atoms with E-state index in [1.807, 2.05) is 61.5 Å². The number of hydrogen-bond acceptors (Lipinski definition) is 4. The Kier molecular flexibility index (Phi) is 5.16. The number of H-pyrrole nitrogens is 1. The number of ketones is 1. The van der Waals surface area contributed by atoms with Gasteiger partial charge < -0.3 is 14.6 Å². The van der Waals surface area contributed by atoms with Gasteiger partial charge in [-0.3, -0.25) is 14.4 Å². The number of Topliss-reactive ketones (excluding diaryl/α,β-unsaturated/α-hetero) is 1. The summed E-state index contributed by atoms with van der Waals surface area (Å²) in [7, 11) is 0. The van der Waals surface area contributed by atoms with Crippen LogP contribution in [0.25, 0.3) is 10.9 Å². The number of benzene rings is 2. The number of nitrogens with zero attached hydrogens (tertiary/aromatic N) is 1. The number of carbonyl (C=O) groups is 3. The maximum Gasteiger partial charge on any atom is 0.311 e. The molecule has 1 aliphatic rings. The van der Waals surface area contributed by atoms with E-state index in [0.717, 1.165) is 22.2 Å². The highest BCUT2D eigenvalue weighted by molar-refractivity contribution is 6.10. The Morgan fingerprint density at radius 3 is 2.62 bits per heavy atom. The van der Waals surface area contributed by atoms with E-state index in [-0.39, 0.29) is 24.7 Å². The monoisotopic (exact) mass is 390 g/mol. The van der Waals surface area contributed by atoms with Gasteiger partial charge in [-0.05, 0) is 18.6 Å². The molecule has 1 atom stereocenters. The lowest BCUT2D eigenvalue weighted by atomic mass is 10.1. The number of likely N-dealkylation sites (tertiary alicyclic amines) is 1. The number of fused-ring (bicyclic) bond motifs is 1. The van der Waals surface area contributed by atoms with Gasteiger partial charge in [0.25, 0.3) is 0 Å². The Balaban J connectivity index is 1.36. The zero-order valence-corrected chi connectivity index (χ0v) is 16.2. The van der Waals surface area contributed by atoms with E-state index in [2.05, 4.69) is 4.98 Å². The first-order valence-corrected chi connectivity index (χ1v) is 9.62. The lowest BCUT2D eigenvalue weighted by molar-refractivity contribution is -0.147. The number of aromatic amines is 1. The van der Waals surface area contributed by atoms with Crippen molar-refractivity contribution in [2.45, 2.75) is 19.9 Å². The van der Waals surface area contributed by atoms with Crippen LogP contribution < -0.4 is 0 Å². The highest BCUT2D eigenvalue weighted by atomic mass is 16.5. The van der Waals surface area contributed by atoms with E-state index in [9.17, 15) is 14.4 Å². The van der Waals surface area contributed by atoms with Crippen molar-refractivity contribution in [2.75, 3.05) is 13.2 Å². The number of carbonyl (C=O) groups excluding carboxylic acids is 3. The molecule has 1 amide bonds. The predicted octanol–water partition coefficient (Wildman–Crippen LogP) is 3.25. The zero-order chi connectivity index (χ0) is 20.4. The van der Waals surface area contributed by atoms with Crippen LogP contribution in [0.5, 0.6) is 0 Å². The second-order valence-corrected chi connectivity index (χ2v) is 7.36. The fourth-order valence-corrected chi connectivity index (χ4v) is 3.85. The summed E-state index contributed by atoms with van der Waals surface area (Å²) in [5.74, 6) is -1.36. The minimum atomic E-state index is -0.539. The quantitative estimate of drug-likeness (QED) is 0.518. The smallest absolute Gasteiger partial charge is 0.311 e. The van der Waals surface area contributed by atoms with Gasteiger partial charge in [0.05, 0.1) is 5.92 Å². The molecule has 0 radical (unpaired) electrons. The topological polar surface area (TPSA) is 79.5 Å². The van der Waals surface area contributed by atoms with Crippen molar-refractivity contribution >= 4 is 28.6 Å². The summed E-state index contributed by atoms with van der Waals surface area (Å²) in [6.45, 7) is 2.28. The SMILES string of the molecule is Cc1[nH]c2ccccc2c1C(=O)COC(=O)[C@H]1CC(=O)N(Cc2ccccc2)C1. The molecular formula is C23H22N2O4. The van der Waals surface area contributed by atoms with Crippen LogP contribution in [0.15, 0.2) is 54.6 Å². The Hall–Kier alpha value is -3.41. The van der Waals surface area contributed by atoms with Gasteiger partial charge in [0.1, 0.15) is 0 Å². The number of esters is 1. The second kappa shape index (κ2) is 7.91. The molecule has 0 saturated carbocycles. The summed E-state index contributed by atoms with van der Waals surface area (Å²) in [5.41, 5.74) is 3.18. The Morgan fingerprint density at radius 2 is 1.83 bits per heavy atom. The van der Waals surface area contributed by atoms with Gasteiger partial charge in [0.15, 0.2) is 6.61 Å². The first-order chi connectivity index (χ1) is 14.0. The van der Waals surface area contributed by atoms with Crippen LogP contribution in [0, 0.1) is 12.8 Å². The minimum Gasteiger partial charge on any atom is -0.457 e. The summed E-state index contributed by atoms with van der Waals surface area (Å²) >= 11 is 0. The van der Waals surface area contributed by atoms with E-state index in [0.29, 0.717) is 18.7 Å². The van der Waals surface area contributed by atoms with E-state index in [1.54, 1.807) is 4.90 Å². The zero-order valence-electron chi connectivity index (χ0n) is 16.2. The molecular weight excluding hydrogens is 368 g/mol. The van der Waals surface area contributed by atoms with Crippen LogP contribution in [-0.4, -0.2) is 40.7 Å². The van der Waals surface area contributed by atoms with Gasteiger partial charge in [-0.25, -0.2) is 0 Å². The standard InChI is InChI=1S/C23H22N2O4/c1-15-22(18-9-5-6-10-19(18)24-15)20(26)14-29-23(28)17-11-21(27)25(13-17)12-16-7-3-2-4-8-16/h2-10,17,24H,11-14H2,1H3/t17-/m0/s1. The van der Waals surface area contributed by atoms with Crippen LogP contribution in [0.2, 0.25) is 0 Å². The Bertz CT molecular complexity index is 1070. The molecule has 6 heteroatoms. The van der Waals surface area contributed by atoms with Crippen LogP contribution in [0.4, 0.5) is 0 Å². The van der Waals surface area contributed by atoms with E-state index < -0.39 is 11.9 Å². The second-order valence-electron chi connectivity index (χ2n) is 7.36. The average Bonchev–Trinajstić information content (AvgIpc) is 3.25. The Morgan fingerprint density at radius 1 is 1.10 bits per heavy atom. The molecule has 0 bridgehead atoms. The summed E-state index contributed by atoms with van der Waals surface area (Å²) < 4.78 is 5.28. The number of aryl methyl sites for hydroxylation is 1. The molecule has 1 fully saturated rings. The maximum absolute atomic E-state index is 12.7. The molecule has 0 aliphatic carbocycles. The van der Waals surface area contributed by atoms with Gasteiger partial charge in [-0.2, -0.15) is 0 Å². The lowest BCUT2D eigenvalue weighted by Crippen LogP contribution is -2.27. The summed E-state index contributed by atoms with van der Waals surface area (Å²) in [5, 5.41) is 0.816. The molecule has 4 rings (SSSR count). The molecule has 29 heavy (non-hydrogen) atoms. The third kappa shape index (κ3) is 3.92. The number of amides is 1. The third-order valence-electron chi connectivity index (χ3n) is 5.28. The first kappa shape index (κ1) is 18.9. The van der Waals surface area contributed by atoms with Crippen molar-refractivity contribution in [3.05, 3.63) is 71.4 Å². The van der Waals surface area contributed by atoms with Gasteiger partial charge in [-0.1, -0.05) is 48.5 Å². The highest BCUT2D eigenvalue weighted by Crippen LogP contribution is 2.24. The molecule has 1 N–H and O–H groups in total. The van der Waals surface area contributed by atoms with Crippen molar-refractivity contribution in [3.63, 3.8) is 0 Å². The number of hydrogen-bond donors (Lipinski definition) is 1. The van der Waals surface area contributed by atoms with Gasteiger partial charge >= 0.3 is 5.97 Å². The number of ether oxygens (including phenoxy) is 1. The predicted molar refractivity (Wildman–Crippen MR) is 108 cm³/mol. The molecule has 148 valence electrons. The molecule has 1 aliphatic heterocycles. The normalized spacial score (nSPS) is 16.4. The largest absolute Gasteiger partial charge is 0.457 e. The van der Waals surface area contributed by atoms with E-state index in [4.69, 9.17) is 4.74 Å². The van der Waals surface area contributed by atoms with Crippen molar-refractivity contribution < 1.29 is 19.1 Å². The summed E-state index contributed by atoms with van der Waals surface area (Å²) in [4.78, 5) is 42.2. The van der Waals surface area contributed by atoms with Gasteiger partial charge in [0, 0.05) is 41.7 Å². The molecule has 3 aromatic rings. The minimum absolute atomic E-state index is 0.0744. The number of para-hydroxylation sites is 1. The molecule has 0 spiro atoms. The van der Waals surface area contributed by atoms with E-state index in [1.165, 1.54) is 0 Å². The van der Waals surface area contributed by atoms with Gasteiger partial charge in [0.2, 0.25) is 11.7 Å². The van der Waals surface area contributed by atoms with Crippen LogP contribution in [-0.2, 0) is 20.9 Å². The lowest BCUT2D eigenvalue weighted by Gasteiger charge is -2.16. The molecule has 1 saturated heterocycles. The maximum atomic E-state index is 12.7. The number of rotatable bonds is 6. The van der Waals surface area contributed by atoms with Crippen molar-refractivity contribution in [3.8, 4) is 0 Å². The molecule has 2 aromatic carbocycles. The number of aromatic nitrogens is 1. The molecule has 6 nitrogen and oxygen atoms in total. The van der Waals surface area contributed by atoms with Crippen molar-refractivity contribution in [1.82, 2.24) is 9.88 Å². The van der Waals surface area contributed by atoms with Crippen molar-refractivity contribution in [1.29, 1.82) is 0 Å². The third-order valence-corrected chi connectivity index (χ3v) is 5.28. The molecule has 0 unspecified atom stereocenters. The summed E-state index contributed by atoms with van der Waals surface area (Å²) in [6.07, 6.45) is 0.117. The Labute approximate surface area is 168 Å². The van der Waals surface area contributed by atoms with Crippen molar-refractivity contribution in [2.24, 2.45) is 5.92 Å². The fraction of sp³-hybridized carbons (Fsp3) is 0.261. The number of nitrogens with one attached hydrogen (secondary N) is 1. The summed E-state index contributed by atoms with van der Waals surface area (Å²) in [6, 6.07) is 17.2. The first-order valence-electron chi connectivity index (χ1n) is 9.62. The fourth-order valence-electron chi connectivity index (χ4n) is 3.85. The van der Waals surface area contributed by atoms with Crippen LogP contribution >= 0.6 is 0 Å². The molecule has 1 aromatic heterocycles. The van der Waals surface area contributed by atoms with Crippen LogP contribution in [0.1, 0.15) is 28.0 Å². The van der Waals surface area contributed by atoms with E-state index >= 15 is 0 Å². The molecule has 2 heterocycles. The van der Waals surface area contributed by atoms with Crippen LogP contribution in [0.3, 0.4) is 0 Å². The highest BCUT2D eigenvalue weighted by Gasteiger charge is 2.35.